The van der Waals surface area contributed by atoms with Crippen molar-refractivity contribution in [3.63, 3.8) is 0 Å². The molecule has 2 bridgehead atoms. The van der Waals surface area contributed by atoms with E-state index in [1.165, 1.54) is 19.5 Å². The molecule has 3 rings (SSSR count). The van der Waals surface area contributed by atoms with E-state index in [9.17, 15) is 0 Å². The molecule has 1 saturated carbocycles. The Labute approximate surface area is 83.5 Å². The van der Waals surface area contributed by atoms with E-state index in [0.717, 1.165) is 17.8 Å². The highest BCUT2D eigenvalue weighted by molar-refractivity contribution is 4.97. The van der Waals surface area contributed by atoms with E-state index in [-0.39, 0.29) is 7.43 Å². The fraction of sp³-hybridized carbons (Fsp3) is 1.00. The SMILES string of the molecule is C.CC1C2CC1CN(C(C)(C)C)C2. The molecule has 3 fully saturated rings. The summed E-state index contributed by atoms with van der Waals surface area (Å²) in [6.07, 6.45) is 1.51. The Kier molecular flexibility index (Phi) is 2.78. The minimum absolute atomic E-state index is 0. The van der Waals surface area contributed by atoms with Gasteiger partial charge in [-0.3, -0.25) is 4.90 Å². The Bertz CT molecular complexity index is 168. The summed E-state index contributed by atoms with van der Waals surface area (Å²) in [5, 5.41) is 0. The van der Waals surface area contributed by atoms with Gasteiger partial charge in [-0.1, -0.05) is 14.4 Å². The van der Waals surface area contributed by atoms with E-state index in [1.807, 2.05) is 0 Å². The van der Waals surface area contributed by atoms with Crippen molar-refractivity contribution >= 4 is 0 Å². The first-order chi connectivity index (χ1) is 5.48. The van der Waals surface area contributed by atoms with Crippen LogP contribution in [0.1, 0.15) is 41.5 Å². The average Bonchev–Trinajstić information content (AvgIpc) is 2.02. The third-order valence-corrected chi connectivity index (χ3v) is 3.95. The van der Waals surface area contributed by atoms with E-state index in [2.05, 4.69) is 32.6 Å². The van der Waals surface area contributed by atoms with Crippen LogP contribution in [0, 0.1) is 17.8 Å². The van der Waals surface area contributed by atoms with Crippen LogP contribution in [-0.2, 0) is 0 Å². The van der Waals surface area contributed by atoms with Crippen LogP contribution in [0.3, 0.4) is 0 Å². The first kappa shape index (κ1) is 11.0. The first-order valence-corrected chi connectivity index (χ1v) is 5.23. The van der Waals surface area contributed by atoms with E-state index < -0.39 is 0 Å². The molecule has 2 aliphatic heterocycles. The quantitative estimate of drug-likeness (QED) is 0.558. The van der Waals surface area contributed by atoms with E-state index >= 15 is 0 Å². The molecular weight excluding hydrogens is 158 g/mol. The van der Waals surface area contributed by atoms with Crippen LogP contribution < -0.4 is 0 Å². The van der Waals surface area contributed by atoms with Gasteiger partial charge in [0.1, 0.15) is 0 Å². The van der Waals surface area contributed by atoms with Gasteiger partial charge in [-0.2, -0.15) is 0 Å². The third-order valence-electron chi connectivity index (χ3n) is 3.95. The lowest BCUT2D eigenvalue weighted by Crippen LogP contribution is -2.59. The van der Waals surface area contributed by atoms with Crippen molar-refractivity contribution < 1.29 is 0 Å². The van der Waals surface area contributed by atoms with Crippen molar-refractivity contribution in [3.8, 4) is 0 Å². The number of piperidine rings is 2. The molecule has 2 atom stereocenters. The van der Waals surface area contributed by atoms with Crippen molar-refractivity contribution in [3.05, 3.63) is 0 Å². The second-order valence-electron chi connectivity index (χ2n) is 5.69. The van der Waals surface area contributed by atoms with Crippen molar-refractivity contribution in [1.82, 2.24) is 4.90 Å². The summed E-state index contributed by atoms with van der Waals surface area (Å²) in [7, 11) is 0. The Morgan fingerprint density at radius 1 is 1.08 bits per heavy atom. The molecule has 0 radical (unpaired) electrons. The summed E-state index contributed by atoms with van der Waals surface area (Å²) < 4.78 is 0. The van der Waals surface area contributed by atoms with Gasteiger partial charge in [-0.15, -0.1) is 0 Å². The zero-order valence-corrected chi connectivity index (χ0v) is 8.80. The Hall–Kier alpha value is -0.0400. The fourth-order valence-electron chi connectivity index (χ4n) is 2.68. The molecule has 2 heterocycles. The molecular formula is C12H25N. The maximum absolute atomic E-state index is 2.66. The van der Waals surface area contributed by atoms with Crippen molar-refractivity contribution in [2.24, 2.45) is 17.8 Å². The Morgan fingerprint density at radius 2 is 1.54 bits per heavy atom. The molecule has 1 heteroatoms. The predicted molar refractivity (Wildman–Crippen MR) is 58.8 cm³/mol. The molecule has 0 aromatic rings. The largest absolute Gasteiger partial charge is 0.298 e. The predicted octanol–water partition coefficient (Wildman–Crippen LogP) is 3.01. The molecule has 3 aliphatic rings. The minimum atomic E-state index is 0. The van der Waals surface area contributed by atoms with Crippen LogP contribution in [0.2, 0.25) is 0 Å². The highest BCUT2D eigenvalue weighted by Gasteiger charge is 2.45. The van der Waals surface area contributed by atoms with Crippen LogP contribution in [0.25, 0.3) is 0 Å². The molecule has 1 aliphatic carbocycles. The maximum Gasteiger partial charge on any atom is 0.0125 e. The molecule has 78 valence electrons. The van der Waals surface area contributed by atoms with Gasteiger partial charge in [0.15, 0.2) is 0 Å². The van der Waals surface area contributed by atoms with E-state index in [4.69, 9.17) is 0 Å². The molecule has 0 aromatic heterocycles. The molecule has 13 heavy (non-hydrogen) atoms. The van der Waals surface area contributed by atoms with Gasteiger partial charge < -0.3 is 0 Å². The van der Waals surface area contributed by atoms with Crippen molar-refractivity contribution in [1.29, 1.82) is 0 Å². The van der Waals surface area contributed by atoms with Crippen LogP contribution in [-0.4, -0.2) is 23.5 Å². The summed E-state index contributed by atoms with van der Waals surface area (Å²) in [6, 6.07) is 0. The van der Waals surface area contributed by atoms with Crippen LogP contribution in [0.5, 0.6) is 0 Å². The molecule has 0 amide bonds. The van der Waals surface area contributed by atoms with Gasteiger partial charge in [-0.25, -0.2) is 0 Å². The monoisotopic (exact) mass is 183 g/mol. The van der Waals surface area contributed by atoms with Crippen molar-refractivity contribution in [2.45, 2.75) is 47.1 Å². The second-order valence-corrected chi connectivity index (χ2v) is 5.69. The first-order valence-electron chi connectivity index (χ1n) is 5.23. The summed E-state index contributed by atoms with van der Waals surface area (Å²) in [5.41, 5.74) is 0.400. The molecule has 0 spiro atoms. The van der Waals surface area contributed by atoms with Gasteiger partial charge in [0, 0.05) is 18.6 Å². The zero-order chi connectivity index (χ0) is 8.93. The molecule has 1 nitrogen and oxygen atoms in total. The van der Waals surface area contributed by atoms with Gasteiger partial charge in [0.25, 0.3) is 0 Å². The third kappa shape index (κ3) is 1.76. The van der Waals surface area contributed by atoms with Gasteiger partial charge in [0.2, 0.25) is 0 Å². The second kappa shape index (κ2) is 3.27. The molecule has 0 aromatic carbocycles. The van der Waals surface area contributed by atoms with Crippen molar-refractivity contribution in [2.75, 3.05) is 13.1 Å². The normalized spacial score (nSPS) is 39.2. The Balaban J connectivity index is 0.000000845. The van der Waals surface area contributed by atoms with Gasteiger partial charge in [0.05, 0.1) is 0 Å². The van der Waals surface area contributed by atoms with Gasteiger partial charge >= 0.3 is 0 Å². The van der Waals surface area contributed by atoms with Crippen LogP contribution in [0.15, 0.2) is 0 Å². The summed E-state index contributed by atoms with van der Waals surface area (Å²) >= 11 is 0. The fourth-order valence-corrected chi connectivity index (χ4v) is 2.68. The highest BCUT2D eigenvalue weighted by Crippen LogP contribution is 2.46. The highest BCUT2D eigenvalue weighted by atomic mass is 15.2. The molecule has 0 N–H and O–H groups in total. The number of hydrogen-bond acceptors (Lipinski definition) is 1. The smallest absolute Gasteiger partial charge is 0.0125 e. The van der Waals surface area contributed by atoms with Gasteiger partial charge in [-0.05, 0) is 44.9 Å². The Morgan fingerprint density at radius 3 is 1.85 bits per heavy atom. The molecule has 2 saturated heterocycles. The van der Waals surface area contributed by atoms with Crippen LogP contribution in [0.4, 0.5) is 0 Å². The summed E-state index contributed by atoms with van der Waals surface area (Å²) in [4.78, 5) is 2.66. The zero-order valence-electron chi connectivity index (χ0n) is 8.80. The number of hydrogen-bond donors (Lipinski definition) is 0. The number of nitrogens with zero attached hydrogens (tertiary/aromatic N) is 1. The lowest BCUT2D eigenvalue weighted by Gasteiger charge is -2.56. The molecule has 2 unspecified atom stereocenters. The standard InChI is InChI=1S/C11H21N.CH4/c1-8-9-5-10(8)7-12(6-9)11(2,3)4;/h8-10H,5-7H2,1-4H3;1H4. The number of fused-ring (bicyclic) bond motifs is 2. The topological polar surface area (TPSA) is 3.24 Å². The van der Waals surface area contributed by atoms with E-state index in [1.54, 1.807) is 0 Å². The maximum atomic E-state index is 2.66. The average molecular weight is 183 g/mol. The minimum Gasteiger partial charge on any atom is -0.298 e. The lowest BCUT2D eigenvalue weighted by atomic mass is 9.62. The van der Waals surface area contributed by atoms with Crippen LogP contribution >= 0.6 is 0 Å². The lowest BCUT2D eigenvalue weighted by molar-refractivity contribution is -0.0687. The summed E-state index contributed by atoms with van der Waals surface area (Å²) in [6.45, 7) is 12.1. The number of rotatable bonds is 0. The summed E-state index contributed by atoms with van der Waals surface area (Å²) in [5.74, 6) is 3.05. The van der Waals surface area contributed by atoms with E-state index in [0.29, 0.717) is 5.54 Å².